The van der Waals surface area contributed by atoms with Gasteiger partial charge in [-0.3, -0.25) is 4.79 Å². The summed E-state index contributed by atoms with van der Waals surface area (Å²) in [6, 6.07) is 17.5. The van der Waals surface area contributed by atoms with Crippen LogP contribution in [0.15, 0.2) is 59.1 Å². The van der Waals surface area contributed by atoms with Gasteiger partial charge < -0.3 is 19.6 Å². The Kier molecular flexibility index (Phi) is 6.02. The number of aromatic nitrogens is 1. The number of piperidine rings is 1. The largest absolute Gasteiger partial charge is 0.506 e. The van der Waals surface area contributed by atoms with E-state index >= 15 is 0 Å². The number of para-hydroxylation sites is 1. The lowest BCUT2D eigenvalue weighted by Crippen LogP contribution is -2.47. The Labute approximate surface area is 195 Å². The Morgan fingerprint density at radius 1 is 1.03 bits per heavy atom. The molecular weight excluding hydrogens is 470 g/mol. The van der Waals surface area contributed by atoms with Crippen LogP contribution in [0.3, 0.4) is 0 Å². The molecule has 5 rings (SSSR count). The van der Waals surface area contributed by atoms with Crippen LogP contribution in [0.1, 0.15) is 24.5 Å². The Balaban J connectivity index is 1.22. The third-order valence-corrected chi connectivity index (χ3v) is 7.00. The fourth-order valence-corrected chi connectivity index (χ4v) is 4.90. The number of pyridine rings is 1. The average molecular weight is 496 g/mol. The maximum atomic E-state index is 13.2. The number of aromatic hydroxyl groups is 1. The third-order valence-electron chi connectivity index (χ3n) is 6.47. The number of benzene rings is 2. The van der Waals surface area contributed by atoms with Crippen LogP contribution < -0.4 is 4.90 Å². The average Bonchev–Trinajstić information content (AvgIpc) is 2.84. The first-order chi connectivity index (χ1) is 15.6. The van der Waals surface area contributed by atoms with Crippen LogP contribution in [-0.4, -0.2) is 53.7 Å². The molecule has 0 spiro atoms. The monoisotopic (exact) mass is 495 g/mol. The summed E-state index contributed by atoms with van der Waals surface area (Å²) in [5.74, 6) is 1.32. The van der Waals surface area contributed by atoms with Crippen LogP contribution in [-0.2, 0) is 9.53 Å². The van der Waals surface area contributed by atoms with Gasteiger partial charge in [-0.2, -0.15) is 0 Å². The molecule has 3 heterocycles. The number of anilines is 1. The molecule has 6 nitrogen and oxygen atoms in total. The lowest BCUT2D eigenvalue weighted by molar-refractivity contribution is -0.144. The van der Waals surface area contributed by atoms with Gasteiger partial charge in [0.15, 0.2) is 0 Å². The molecule has 0 aliphatic carbocycles. The number of fused-ring (bicyclic) bond motifs is 1. The van der Waals surface area contributed by atoms with Crippen molar-refractivity contribution in [1.82, 2.24) is 9.88 Å². The number of morpholine rings is 1. The van der Waals surface area contributed by atoms with E-state index in [1.807, 2.05) is 41.3 Å². The molecule has 166 valence electrons. The summed E-state index contributed by atoms with van der Waals surface area (Å²) >= 11 is 3.47. The number of ether oxygens (including phenoxy) is 1. The molecule has 1 aromatic heterocycles. The molecule has 0 radical (unpaired) electrons. The van der Waals surface area contributed by atoms with Crippen molar-refractivity contribution in [1.29, 1.82) is 0 Å². The van der Waals surface area contributed by atoms with E-state index in [0.717, 1.165) is 47.2 Å². The van der Waals surface area contributed by atoms with E-state index in [1.165, 1.54) is 0 Å². The summed E-state index contributed by atoms with van der Waals surface area (Å²) in [5, 5.41) is 11.0. The Bertz CT molecular complexity index is 1110. The molecule has 7 heteroatoms. The number of carbonyl (C=O) groups is 1. The van der Waals surface area contributed by atoms with Gasteiger partial charge in [-0.1, -0.05) is 40.2 Å². The van der Waals surface area contributed by atoms with Crippen molar-refractivity contribution in [2.75, 3.05) is 37.7 Å². The van der Waals surface area contributed by atoms with Gasteiger partial charge in [-0.15, -0.1) is 0 Å². The van der Waals surface area contributed by atoms with Gasteiger partial charge in [0.25, 0.3) is 0 Å². The first kappa shape index (κ1) is 21.2. The summed E-state index contributed by atoms with van der Waals surface area (Å²) < 4.78 is 6.98. The smallest absolute Gasteiger partial charge is 0.225 e. The molecule has 1 N–H and O–H groups in total. The second-order valence-electron chi connectivity index (χ2n) is 8.47. The Hall–Kier alpha value is -2.64. The number of amides is 1. The van der Waals surface area contributed by atoms with E-state index in [4.69, 9.17) is 4.74 Å². The van der Waals surface area contributed by atoms with Crippen LogP contribution in [0.25, 0.3) is 10.9 Å². The lowest BCUT2D eigenvalue weighted by atomic mass is 9.94. The number of hydrogen-bond acceptors (Lipinski definition) is 5. The van der Waals surface area contributed by atoms with Crippen LogP contribution in [0.2, 0.25) is 0 Å². The van der Waals surface area contributed by atoms with E-state index in [9.17, 15) is 9.90 Å². The molecule has 2 fully saturated rings. The SMILES string of the molecule is O=C(C1CCN(c2ccc3cccc(O)c3n2)CC1)N1CCOC(c2ccc(Br)cc2)C1. The molecule has 32 heavy (non-hydrogen) atoms. The van der Waals surface area contributed by atoms with Crippen LogP contribution >= 0.6 is 15.9 Å². The van der Waals surface area contributed by atoms with Crippen LogP contribution in [0.4, 0.5) is 5.82 Å². The minimum Gasteiger partial charge on any atom is -0.506 e. The Morgan fingerprint density at radius 2 is 1.81 bits per heavy atom. The lowest BCUT2D eigenvalue weighted by Gasteiger charge is -2.38. The van der Waals surface area contributed by atoms with Gasteiger partial charge in [0, 0.05) is 35.4 Å². The maximum absolute atomic E-state index is 13.2. The minimum absolute atomic E-state index is 0.0313. The van der Waals surface area contributed by atoms with Crippen molar-refractivity contribution < 1.29 is 14.6 Å². The van der Waals surface area contributed by atoms with Gasteiger partial charge >= 0.3 is 0 Å². The molecular formula is C25H26BrN3O3. The van der Waals surface area contributed by atoms with Gasteiger partial charge in [0.05, 0.1) is 13.2 Å². The fraction of sp³-hybridized carbons (Fsp3) is 0.360. The predicted octanol–water partition coefficient (Wildman–Crippen LogP) is 4.52. The van der Waals surface area contributed by atoms with E-state index in [0.29, 0.717) is 25.2 Å². The summed E-state index contributed by atoms with van der Waals surface area (Å²) in [6.45, 7) is 3.38. The topological polar surface area (TPSA) is 65.9 Å². The number of carbonyl (C=O) groups excluding carboxylic acids is 1. The summed E-state index contributed by atoms with van der Waals surface area (Å²) in [7, 11) is 0. The van der Waals surface area contributed by atoms with Crippen molar-refractivity contribution >= 4 is 38.6 Å². The van der Waals surface area contributed by atoms with E-state index < -0.39 is 0 Å². The number of phenolic OH excluding ortho intramolecular Hbond substituents is 1. The highest BCUT2D eigenvalue weighted by molar-refractivity contribution is 9.10. The molecule has 0 bridgehead atoms. The summed E-state index contributed by atoms with van der Waals surface area (Å²) in [5.41, 5.74) is 1.72. The van der Waals surface area contributed by atoms with Crippen LogP contribution in [0, 0.1) is 5.92 Å². The van der Waals surface area contributed by atoms with Gasteiger partial charge in [0.2, 0.25) is 5.91 Å². The fourth-order valence-electron chi connectivity index (χ4n) is 4.64. The zero-order chi connectivity index (χ0) is 22.1. The Morgan fingerprint density at radius 3 is 2.59 bits per heavy atom. The van der Waals surface area contributed by atoms with Gasteiger partial charge in [-0.25, -0.2) is 4.98 Å². The molecule has 1 unspecified atom stereocenters. The quantitative estimate of drug-likeness (QED) is 0.578. The summed E-state index contributed by atoms with van der Waals surface area (Å²) in [6.07, 6.45) is 1.54. The van der Waals surface area contributed by atoms with Crippen LogP contribution in [0.5, 0.6) is 5.75 Å². The zero-order valence-corrected chi connectivity index (χ0v) is 19.4. The van der Waals surface area contributed by atoms with E-state index in [1.54, 1.807) is 6.07 Å². The van der Waals surface area contributed by atoms with Crippen molar-refractivity contribution in [3.05, 3.63) is 64.6 Å². The van der Waals surface area contributed by atoms with Gasteiger partial charge in [-0.05, 0) is 48.7 Å². The second kappa shape index (κ2) is 9.08. The highest BCUT2D eigenvalue weighted by atomic mass is 79.9. The molecule has 3 aromatic rings. The first-order valence-electron chi connectivity index (χ1n) is 11.1. The number of hydrogen-bond donors (Lipinski definition) is 1. The standard InChI is InChI=1S/C25H26BrN3O3/c26-20-7-4-17(5-8-20)22-16-29(14-15-32-22)25(31)19-10-12-28(13-11-19)23-9-6-18-2-1-3-21(30)24(18)27-23/h1-9,19,22,30H,10-16H2. The highest BCUT2D eigenvalue weighted by Gasteiger charge is 2.32. The molecule has 0 saturated carbocycles. The predicted molar refractivity (Wildman–Crippen MR) is 128 cm³/mol. The minimum atomic E-state index is -0.0737. The summed E-state index contributed by atoms with van der Waals surface area (Å²) in [4.78, 5) is 22.1. The van der Waals surface area contributed by atoms with Crippen molar-refractivity contribution in [3.8, 4) is 5.75 Å². The molecule has 1 amide bonds. The normalized spacial score (nSPS) is 20.0. The molecule has 1 atom stereocenters. The first-order valence-corrected chi connectivity index (χ1v) is 11.9. The molecule has 2 aromatic carbocycles. The molecule has 2 saturated heterocycles. The molecule has 2 aliphatic heterocycles. The van der Waals surface area contributed by atoms with Crippen molar-refractivity contribution in [2.45, 2.75) is 18.9 Å². The molecule has 2 aliphatic rings. The number of nitrogens with zero attached hydrogens (tertiary/aromatic N) is 3. The maximum Gasteiger partial charge on any atom is 0.225 e. The van der Waals surface area contributed by atoms with Crippen molar-refractivity contribution in [2.24, 2.45) is 5.92 Å². The number of phenols is 1. The van der Waals surface area contributed by atoms with Gasteiger partial charge in [0.1, 0.15) is 23.2 Å². The number of halogens is 1. The number of rotatable bonds is 3. The zero-order valence-electron chi connectivity index (χ0n) is 17.8. The third kappa shape index (κ3) is 4.32. The second-order valence-corrected chi connectivity index (χ2v) is 9.39. The highest BCUT2D eigenvalue weighted by Crippen LogP contribution is 2.30. The van der Waals surface area contributed by atoms with E-state index in [-0.39, 0.29) is 23.7 Å². The van der Waals surface area contributed by atoms with E-state index in [2.05, 4.69) is 37.9 Å². The van der Waals surface area contributed by atoms with Crippen molar-refractivity contribution in [3.63, 3.8) is 0 Å².